The van der Waals surface area contributed by atoms with E-state index < -0.39 is 11.9 Å². The zero-order chi connectivity index (χ0) is 31.9. The lowest BCUT2D eigenvalue weighted by atomic mass is 9.91. The molecule has 2 saturated heterocycles. The number of carbonyl (C=O) groups is 4. The Morgan fingerprint density at radius 1 is 0.909 bits per heavy atom. The Balaban J connectivity index is 1.55. The summed E-state index contributed by atoms with van der Waals surface area (Å²) in [6.45, 7) is 9.73. The third-order valence-corrected chi connectivity index (χ3v) is 10.2. The van der Waals surface area contributed by atoms with Gasteiger partial charge in [-0.15, -0.1) is 0 Å². The molecule has 5 heterocycles. The number of aromatic nitrogens is 2. The van der Waals surface area contributed by atoms with Crippen LogP contribution in [0.2, 0.25) is 0 Å². The molecule has 2 amide bonds. The lowest BCUT2D eigenvalue weighted by molar-refractivity contribution is -0.138. The van der Waals surface area contributed by atoms with Gasteiger partial charge in [0.05, 0.1) is 0 Å². The Morgan fingerprint density at radius 2 is 1.45 bits per heavy atom. The van der Waals surface area contributed by atoms with E-state index in [4.69, 9.17) is 0 Å². The minimum Gasteiger partial charge on any atom is -0.481 e. The number of thioether (sulfide) groups is 1. The Kier molecular flexibility index (Phi) is 8.97. The van der Waals surface area contributed by atoms with Crippen LogP contribution in [0.4, 0.5) is 0 Å². The Bertz CT molecular complexity index is 1640. The van der Waals surface area contributed by atoms with Crippen LogP contribution in [0.5, 0.6) is 0 Å². The van der Waals surface area contributed by atoms with E-state index in [1.807, 2.05) is 58.5 Å². The highest BCUT2D eigenvalue weighted by Crippen LogP contribution is 2.46. The molecule has 0 unspecified atom stereocenters. The molecule has 0 saturated carbocycles. The highest BCUT2D eigenvalue weighted by molar-refractivity contribution is 8.06. The first-order chi connectivity index (χ1) is 20.9. The molecule has 3 atom stereocenters. The first-order valence-corrected chi connectivity index (χ1v) is 16.2. The van der Waals surface area contributed by atoms with Crippen LogP contribution in [0.25, 0.3) is 12.2 Å². The van der Waals surface area contributed by atoms with Gasteiger partial charge in [0.25, 0.3) is 5.91 Å². The molecule has 2 aromatic heterocycles. The molecule has 6 N–H and O–H groups in total. The van der Waals surface area contributed by atoms with Crippen molar-refractivity contribution in [1.29, 1.82) is 0 Å². The molecule has 3 aliphatic heterocycles. The van der Waals surface area contributed by atoms with E-state index in [9.17, 15) is 29.4 Å². The third kappa shape index (κ3) is 6.29. The van der Waals surface area contributed by atoms with Crippen molar-refractivity contribution in [3.63, 3.8) is 0 Å². The average molecular weight is 621 g/mol. The third-order valence-electron chi connectivity index (χ3n) is 9.20. The second-order valence-corrected chi connectivity index (χ2v) is 13.2. The van der Waals surface area contributed by atoms with Gasteiger partial charge in [-0.3, -0.25) is 19.2 Å². The minimum atomic E-state index is -0.895. The van der Waals surface area contributed by atoms with Crippen molar-refractivity contribution in [2.24, 2.45) is 11.8 Å². The number of hydrogen-bond acceptors (Lipinski definition) is 5. The van der Waals surface area contributed by atoms with Crippen LogP contribution in [0, 0.1) is 25.7 Å². The molecular formula is C33H40N4O6S. The van der Waals surface area contributed by atoms with Gasteiger partial charge in [-0.2, -0.15) is 11.8 Å². The molecule has 5 rings (SSSR count). The second-order valence-electron chi connectivity index (χ2n) is 12.0. The molecule has 3 aliphatic rings. The fourth-order valence-corrected chi connectivity index (χ4v) is 7.44. The smallest absolute Gasteiger partial charge is 0.303 e. The maximum atomic E-state index is 12.6. The molecule has 0 spiro atoms. The lowest BCUT2D eigenvalue weighted by Gasteiger charge is -2.12. The van der Waals surface area contributed by atoms with Crippen LogP contribution in [0.15, 0.2) is 22.5 Å². The van der Waals surface area contributed by atoms with Gasteiger partial charge in [0.1, 0.15) is 0 Å². The number of hydrogen-bond donors (Lipinski definition) is 6. The summed E-state index contributed by atoms with van der Waals surface area (Å²) in [6.07, 6.45) is 5.52. The first-order valence-electron chi connectivity index (χ1n) is 15.1. The summed E-state index contributed by atoms with van der Waals surface area (Å²) in [5.74, 6) is -0.826. The number of H-pyrrole nitrogens is 2. The summed E-state index contributed by atoms with van der Waals surface area (Å²) >= 11 is 1.85. The first kappa shape index (κ1) is 31.4. The summed E-state index contributed by atoms with van der Waals surface area (Å²) in [7, 11) is 0. The quantitative estimate of drug-likeness (QED) is 0.189. The van der Waals surface area contributed by atoms with Gasteiger partial charge in [0.2, 0.25) is 5.91 Å². The van der Waals surface area contributed by atoms with Crippen LogP contribution in [-0.4, -0.2) is 54.9 Å². The van der Waals surface area contributed by atoms with E-state index in [-0.39, 0.29) is 36.5 Å². The van der Waals surface area contributed by atoms with Crippen molar-refractivity contribution < 1.29 is 29.4 Å². The number of nitrogens with one attached hydrogen (secondary N) is 4. The topological polar surface area (TPSA) is 164 Å². The molecule has 2 fully saturated rings. The van der Waals surface area contributed by atoms with Crippen molar-refractivity contribution >= 4 is 47.7 Å². The molecule has 0 radical (unpaired) electrons. The van der Waals surface area contributed by atoms with E-state index in [2.05, 4.69) is 20.6 Å². The molecule has 11 heteroatoms. The van der Waals surface area contributed by atoms with Crippen molar-refractivity contribution in [1.82, 2.24) is 20.6 Å². The number of rotatable bonds is 12. The summed E-state index contributed by atoms with van der Waals surface area (Å²) < 4.78 is 0. The number of aromatic amines is 2. The van der Waals surface area contributed by atoms with Crippen molar-refractivity contribution in [3.05, 3.63) is 67.6 Å². The van der Waals surface area contributed by atoms with E-state index in [1.165, 1.54) is 0 Å². The molecule has 2 aromatic rings. The number of aliphatic carboxylic acids is 2. The normalized spacial score (nSPS) is 23.2. The zero-order valence-corrected chi connectivity index (χ0v) is 26.6. The van der Waals surface area contributed by atoms with E-state index in [1.54, 1.807) is 0 Å². The van der Waals surface area contributed by atoms with Crippen LogP contribution in [0.3, 0.4) is 0 Å². The number of amides is 2. The molecule has 234 valence electrons. The summed E-state index contributed by atoms with van der Waals surface area (Å²) in [5.41, 5.74) is 10.2. The Labute approximate surface area is 260 Å². The van der Waals surface area contributed by atoms with Crippen molar-refractivity contribution in [3.8, 4) is 0 Å². The van der Waals surface area contributed by atoms with Gasteiger partial charge in [-0.25, -0.2) is 0 Å². The second kappa shape index (κ2) is 12.6. The number of carboxylic acid groups (broad SMARTS) is 2. The van der Waals surface area contributed by atoms with Gasteiger partial charge < -0.3 is 30.8 Å². The monoisotopic (exact) mass is 620 g/mol. The van der Waals surface area contributed by atoms with Gasteiger partial charge in [-0.05, 0) is 80.0 Å². The Morgan fingerprint density at radius 3 is 1.93 bits per heavy atom. The van der Waals surface area contributed by atoms with Gasteiger partial charge in [0.15, 0.2) is 0 Å². The van der Waals surface area contributed by atoms with Gasteiger partial charge in [-0.1, -0.05) is 13.8 Å². The van der Waals surface area contributed by atoms with Gasteiger partial charge >= 0.3 is 11.9 Å². The highest BCUT2D eigenvalue weighted by Gasteiger charge is 2.45. The fourth-order valence-electron chi connectivity index (χ4n) is 6.53. The number of allylic oxidation sites excluding steroid dienone is 2. The SMILES string of the molecule is CCC1=C(C)/C(=C/c2[nH]c(Cc3[nH]c(/C=C4/NC(=O)[C@H](C)[C@H]4[C@H]4CS4)c(C)c3CCC(=O)O)c(CCC(=O)O)c2C)NC1=O. The van der Waals surface area contributed by atoms with E-state index in [0.717, 1.165) is 73.3 Å². The predicted molar refractivity (Wildman–Crippen MR) is 170 cm³/mol. The Hall–Kier alpha value is -3.99. The lowest BCUT2D eigenvalue weighted by Crippen LogP contribution is -2.17. The maximum absolute atomic E-state index is 12.6. The van der Waals surface area contributed by atoms with Crippen LogP contribution in [-0.2, 0) is 38.4 Å². The predicted octanol–water partition coefficient (Wildman–Crippen LogP) is 4.62. The average Bonchev–Trinajstić information content (AvgIpc) is 3.53. The summed E-state index contributed by atoms with van der Waals surface area (Å²) in [4.78, 5) is 55.2. The van der Waals surface area contributed by atoms with Crippen LogP contribution in [0.1, 0.15) is 85.1 Å². The fraction of sp³-hybridized carbons (Fsp3) is 0.455. The van der Waals surface area contributed by atoms with E-state index >= 15 is 0 Å². The van der Waals surface area contributed by atoms with Crippen molar-refractivity contribution in [2.45, 2.75) is 78.4 Å². The molecular weight excluding hydrogens is 580 g/mol. The van der Waals surface area contributed by atoms with Gasteiger partial charge in [0, 0.05) is 81.8 Å². The van der Waals surface area contributed by atoms with Crippen LogP contribution >= 0.6 is 11.8 Å². The van der Waals surface area contributed by atoms with Crippen LogP contribution < -0.4 is 10.6 Å². The molecule has 0 aliphatic carbocycles. The largest absolute Gasteiger partial charge is 0.481 e. The zero-order valence-electron chi connectivity index (χ0n) is 25.8. The minimum absolute atomic E-state index is 0.0189. The van der Waals surface area contributed by atoms with E-state index in [0.29, 0.717) is 30.9 Å². The molecule has 0 aromatic carbocycles. The molecule has 10 nitrogen and oxygen atoms in total. The molecule has 0 bridgehead atoms. The number of carbonyl (C=O) groups excluding carboxylic acids is 2. The van der Waals surface area contributed by atoms with Crippen molar-refractivity contribution in [2.75, 3.05) is 5.75 Å². The molecule has 44 heavy (non-hydrogen) atoms. The summed E-state index contributed by atoms with van der Waals surface area (Å²) in [5, 5.41) is 25.4. The number of carboxylic acids is 2. The maximum Gasteiger partial charge on any atom is 0.303 e. The standard InChI is InChI=1S/C33H40N4O6S/c1-6-19-15(2)24(36-33(19)43)11-22-16(3)20(7-9-29(38)39)25(34-22)13-26-21(8-10-30(40)41)17(4)23(35-26)12-27-31(28-14-44-28)18(5)32(42)37-27/h11-12,18,28,31,34-35H,6-10,13-14H2,1-5H3,(H,36,43)(H,37,42)(H,38,39)(H,40,41)/b24-11-,27-12+/t18-,28-,31-/m1/s1. The highest BCUT2D eigenvalue weighted by atomic mass is 32.2. The summed E-state index contributed by atoms with van der Waals surface area (Å²) in [6, 6.07) is 0.